The van der Waals surface area contributed by atoms with E-state index >= 15 is 0 Å². The Morgan fingerprint density at radius 2 is 1.46 bits per heavy atom. The van der Waals surface area contributed by atoms with Crippen LogP contribution in [0.25, 0.3) is 0 Å². The first-order valence-corrected chi connectivity index (χ1v) is 13.0. The Kier molecular flexibility index (Phi) is 9.02. The third kappa shape index (κ3) is 8.24. The number of carbonyl (C=O) groups is 4. The molecule has 1 aromatic carbocycles. The lowest BCUT2D eigenvalue weighted by Gasteiger charge is -2.38. The summed E-state index contributed by atoms with van der Waals surface area (Å²) in [4.78, 5) is 53.6. The van der Waals surface area contributed by atoms with Crippen molar-refractivity contribution in [2.75, 3.05) is 26.7 Å². The van der Waals surface area contributed by atoms with E-state index in [0.29, 0.717) is 12.2 Å². The highest BCUT2D eigenvalue weighted by molar-refractivity contribution is 5.80. The molecule has 2 amide bonds. The normalized spacial score (nSPS) is 21.6. The number of rotatable bonds is 6. The summed E-state index contributed by atoms with van der Waals surface area (Å²) < 4.78 is 27.8. The van der Waals surface area contributed by atoms with Crippen molar-refractivity contribution in [1.82, 2.24) is 9.80 Å². The van der Waals surface area contributed by atoms with E-state index in [4.69, 9.17) is 23.7 Å². The zero-order chi connectivity index (χ0) is 29.1. The molecule has 0 radical (unpaired) electrons. The molecule has 0 spiro atoms. The monoisotopic (exact) mass is 548 g/mol. The summed E-state index contributed by atoms with van der Waals surface area (Å²) in [6, 6.07) is 6.59. The number of ether oxygens (including phenoxy) is 5. The molecule has 2 aliphatic heterocycles. The molecular formula is C28H40N2O9. The van der Waals surface area contributed by atoms with E-state index in [-0.39, 0.29) is 25.5 Å². The van der Waals surface area contributed by atoms with Crippen LogP contribution >= 0.6 is 0 Å². The highest BCUT2D eigenvalue weighted by Crippen LogP contribution is 2.31. The van der Waals surface area contributed by atoms with E-state index in [2.05, 4.69) is 0 Å². The van der Waals surface area contributed by atoms with Gasteiger partial charge in [-0.05, 0) is 65.7 Å². The van der Waals surface area contributed by atoms with Crippen molar-refractivity contribution < 1.29 is 42.9 Å². The first kappa shape index (κ1) is 30.0. The van der Waals surface area contributed by atoms with Crippen molar-refractivity contribution in [2.45, 2.75) is 84.3 Å². The number of hydrogen-bond donors (Lipinski definition) is 0. The van der Waals surface area contributed by atoms with Gasteiger partial charge in [-0.2, -0.15) is 0 Å². The van der Waals surface area contributed by atoms with Crippen molar-refractivity contribution in [1.29, 1.82) is 0 Å². The van der Waals surface area contributed by atoms with E-state index in [0.717, 1.165) is 5.56 Å². The maximum absolute atomic E-state index is 13.3. The van der Waals surface area contributed by atoms with E-state index in [1.165, 1.54) is 16.7 Å². The third-order valence-corrected chi connectivity index (χ3v) is 6.30. The summed E-state index contributed by atoms with van der Waals surface area (Å²) in [5.41, 5.74) is -0.739. The lowest BCUT2D eigenvalue weighted by Crippen LogP contribution is -2.54. The average molecular weight is 549 g/mol. The van der Waals surface area contributed by atoms with Crippen LogP contribution in [0.2, 0.25) is 0 Å². The molecule has 0 unspecified atom stereocenters. The standard InChI is InChI=1S/C28H40N2O9/c1-17(31)29-14-19(15-29)24(32)37-23-21(13-18-9-11-20(35-8)12-10-18)30(25(33)38-27(2,3)4)16-22(23)36-26(34)39-28(5,6)7/h9-12,19,21-23H,13-16H2,1-8H3/t21-,22+,23+/m1/s1. The van der Waals surface area contributed by atoms with Crippen molar-refractivity contribution in [3.8, 4) is 5.75 Å². The zero-order valence-electron chi connectivity index (χ0n) is 24.0. The maximum Gasteiger partial charge on any atom is 0.509 e. The molecule has 0 aromatic heterocycles. The molecule has 2 heterocycles. The van der Waals surface area contributed by atoms with E-state index < -0.39 is 53.6 Å². The molecular weight excluding hydrogens is 508 g/mol. The maximum atomic E-state index is 13.3. The predicted octanol–water partition coefficient (Wildman–Crippen LogP) is 3.57. The van der Waals surface area contributed by atoms with Gasteiger partial charge in [0.2, 0.25) is 5.91 Å². The molecule has 39 heavy (non-hydrogen) atoms. The number of methoxy groups -OCH3 is 1. The fraction of sp³-hybridized carbons (Fsp3) is 0.643. The van der Waals surface area contributed by atoms with Crippen LogP contribution in [0.15, 0.2) is 24.3 Å². The van der Waals surface area contributed by atoms with Crippen molar-refractivity contribution in [3.63, 3.8) is 0 Å². The minimum absolute atomic E-state index is 0.0584. The Balaban J connectivity index is 1.90. The minimum atomic E-state index is -0.997. The van der Waals surface area contributed by atoms with E-state index in [9.17, 15) is 19.2 Å². The van der Waals surface area contributed by atoms with Gasteiger partial charge in [-0.3, -0.25) is 14.5 Å². The number of amides is 2. The molecule has 2 saturated heterocycles. The quantitative estimate of drug-likeness (QED) is 0.388. The fourth-order valence-electron chi connectivity index (χ4n) is 4.39. The molecule has 0 N–H and O–H groups in total. The van der Waals surface area contributed by atoms with Gasteiger partial charge in [-0.25, -0.2) is 9.59 Å². The lowest BCUT2D eigenvalue weighted by molar-refractivity contribution is -0.168. The Morgan fingerprint density at radius 3 is 1.97 bits per heavy atom. The van der Waals surface area contributed by atoms with E-state index in [1.807, 2.05) is 12.1 Å². The Bertz CT molecular complexity index is 1050. The summed E-state index contributed by atoms with van der Waals surface area (Å²) >= 11 is 0. The van der Waals surface area contributed by atoms with Crippen molar-refractivity contribution >= 4 is 24.1 Å². The third-order valence-electron chi connectivity index (χ3n) is 6.30. The van der Waals surface area contributed by atoms with Gasteiger partial charge in [-0.15, -0.1) is 0 Å². The molecule has 0 aliphatic carbocycles. The molecule has 0 bridgehead atoms. The van der Waals surface area contributed by atoms with Crippen LogP contribution in [0.4, 0.5) is 9.59 Å². The summed E-state index contributed by atoms with van der Waals surface area (Å²) in [6.45, 7) is 12.2. The van der Waals surface area contributed by atoms with Gasteiger partial charge in [0.1, 0.15) is 17.0 Å². The smallest absolute Gasteiger partial charge is 0.497 e. The van der Waals surface area contributed by atoms with Crippen LogP contribution in [0.1, 0.15) is 54.0 Å². The summed E-state index contributed by atoms with van der Waals surface area (Å²) in [5.74, 6) is -0.489. The highest BCUT2D eigenvalue weighted by Gasteiger charge is 2.51. The number of nitrogens with zero attached hydrogens (tertiary/aromatic N) is 2. The zero-order valence-corrected chi connectivity index (χ0v) is 24.0. The molecule has 11 nitrogen and oxygen atoms in total. The van der Waals surface area contributed by atoms with Gasteiger partial charge in [0, 0.05) is 20.0 Å². The number of esters is 1. The first-order chi connectivity index (χ1) is 18.1. The van der Waals surface area contributed by atoms with Crippen LogP contribution in [0.3, 0.4) is 0 Å². The SMILES string of the molecule is COc1ccc(C[C@@H]2[C@H](OC(=O)C3CN(C(C)=O)C3)[C@@H](OC(=O)OC(C)(C)C)CN2C(=O)OC(C)(C)C)cc1. The number of likely N-dealkylation sites (tertiary alicyclic amines) is 2. The van der Waals surface area contributed by atoms with Crippen molar-refractivity contribution in [2.24, 2.45) is 5.92 Å². The van der Waals surface area contributed by atoms with Gasteiger partial charge in [0.05, 0.1) is 25.6 Å². The van der Waals surface area contributed by atoms with E-state index in [1.54, 1.807) is 60.8 Å². The second-order valence-electron chi connectivity index (χ2n) is 11.9. The minimum Gasteiger partial charge on any atom is -0.497 e. The van der Waals surface area contributed by atoms with Gasteiger partial charge >= 0.3 is 18.2 Å². The van der Waals surface area contributed by atoms with Crippen LogP contribution in [-0.4, -0.2) is 90.1 Å². The van der Waals surface area contributed by atoms with Gasteiger partial charge in [-0.1, -0.05) is 12.1 Å². The topological polar surface area (TPSA) is 121 Å². The lowest BCUT2D eigenvalue weighted by atomic mass is 9.98. The number of hydrogen-bond acceptors (Lipinski definition) is 9. The molecule has 1 aromatic rings. The van der Waals surface area contributed by atoms with Crippen LogP contribution in [0.5, 0.6) is 5.75 Å². The second-order valence-corrected chi connectivity index (χ2v) is 11.9. The largest absolute Gasteiger partial charge is 0.509 e. The number of benzene rings is 1. The summed E-state index contributed by atoms with van der Waals surface area (Å²) in [5, 5.41) is 0. The average Bonchev–Trinajstić information content (AvgIpc) is 3.07. The molecule has 3 rings (SSSR count). The van der Waals surface area contributed by atoms with Gasteiger partial charge in [0.15, 0.2) is 12.2 Å². The second kappa shape index (κ2) is 11.7. The number of carbonyl (C=O) groups excluding carboxylic acids is 4. The molecule has 11 heteroatoms. The van der Waals surface area contributed by atoms with Crippen LogP contribution in [0, 0.1) is 5.92 Å². The van der Waals surface area contributed by atoms with Crippen LogP contribution in [-0.2, 0) is 35.0 Å². The van der Waals surface area contributed by atoms with Crippen molar-refractivity contribution in [3.05, 3.63) is 29.8 Å². The Hall–Kier alpha value is -3.50. The van der Waals surface area contributed by atoms with Gasteiger partial charge < -0.3 is 28.6 Å². The predicted molar refractivity (Wildman–Crippen MR) is 140 cm³/mol. The van der Waals surface area contributed by atoms with Crippen LogP contribution < -0.4 is 4.74 Å². The Morgan fingerprint density at radius 1 is 0.872 bits per heavy atom. The molecule has 2 aliphatic rings. The fourth-order valence-corrected chi connectivity index (χ4v) is 4.39. The highest BCUT2D eigenvalue weighted by atomic mass is 16.7. The molecule has 0 saturated carbocycles. The molecule has 3 atom stereocenters. The Labute approximate surface area is 229 Å². The van der Waals surface area contributed by atoms with Gasteiger partial charge in [0.25, 0.3) is 0 Å². The first-order valence-electron chi connectivity index (χ1n) is 13.0. The summed E-state index contributed by atoms with van der Waals surface area (Å²) in [6.07, 6.45) is -3.26. The molecule has 216 valence electrons. The summed E-state index contributed by atoms with van der Waals surface area (Å²) in [7, 11) is 1.57. The molecule has 2 fully saturated rings.